The third-order valence-electron chi connectivity index (χ3n) is 3.96. The maximum Gasteiger partial charge on any atom is 0.326 e. The number of nitrogens with two attached hydrogens (primary N) is 1. The summed E-state index contributed by atoms with van der Waals surface area (Å²) in [6.45, 7) is 3.12. The number of carbonyl (C=O) groups is 4. The molecular weight excluding hydrogens is 491 g/mol. The lowest BCUT2D eigenvalue weighted by atomic mass is 10.0. The Labute approximate surface area is 183 Å². The quantitative estimate of drug-likeness (QED) is 0.261. The second kappa shape index (κ2) is 12.4. The second-order valence-electron chi connectivity index (χ2n) is 6.96. The van der Waals surface area contributed by atoms with E-state index in [9.17, 15) is 24.3 Å². The number of aliphatic carboxylic acids is 1. The van der Waals surface area contributed by atoms with E-state index in [0.29, 0.717) is 0 Å². The maximum atomic E-state index is 12.7. The van der Waals surface area contributed by atoms with Crippen molar-refractivity contribution >= 4 is 46.3 Å². The lowest BCUT2D eigenvalue weighted by molar-refractivity contribution is -0.142. The molecule has 0 aliphatic carbocycles. The van der Waals surface area contributed by atoms with Gasteiger partial charge < -0.3 is 26.8 Å². The lowest BCUT2D eigenvalue weighted by Crippen LogP contribution is -2.54. The summed E-state index contributed by atoms with van der Waals surface area (Å²) in [7, 11) is 0. The number of carboxylic acids is 1. The second-order valence-corrected chi connectivity index (χ2v) is 8.21. The third kappa shape index (κ3) is 9.70. The number of benzene rings is 1. The molecule has 0 heterocycles. The molecule has 0 aliphatic rings. The number of halogens is 1. The molecule has 0 aromatic heterocycles. The minimum atomic E-state index is -1.14. The number of amides is 3. The molecule has 0 bridgehead atoms. The van der Waals surface area contributed by atoms with E-state index in [1.54, 1.807) is 0 Å². The van der Waals surface area contributed by atoms with E-state index in [2.05, 4.69) is 38.5 Å². The monoisotopic (exact) mass is 518 g/mol. The van der Waals surface area contributed by atoms with Gasteiger partial charge in [0.05, 0.1) is 13.1 Å². The SMILES string of the molecule is CC(C)C[C@H](NC(=O)[C@H](Cc1ccc(I)cc1)NC(=O)CNC(=O)CN)C(=O)O. The van der Waals surface area contributed by atoms with Crippen LogP contribution in [0, 0.1) is 9.49 Å². The van der Waals surface area contributed by atoms with Crippen LogP contribution in [0.25, 0.3) is 0 Å². The van der Waals surface area contributed by atoms with Gasteiger partial charge in [-0.15, -0.1) is 0 Å². The molecule has 160 valence electrons. The number of nitrogens with one attached hydrogen (secondary N) is 3. The fourth-order valence-electron chi connectivity index (χ4n) is 2.53. The normalized spacial score (nSPS) is 12.7. The van der Waals surface area contributed by atoms with Crippen LogP contribution in [0.15, 0.2) is 24.3 Å². The molecular formula is C19H27IN4O5. The third-order valence-corrected chi connectivity index (χ3v) is 4.68. The molecule has 0 saturated heterocycles. The topological polar surface area (TPSA) is 151 Å². The molecule has 0 unspecified atom stereocenters. The first-order valence-electron chi connectivity index (χ1n) is 9.16. The van der Waals surface area contributed by atoms with Crippen LogP contribution in [0.2, 0.25) is 0 Å². The Kier molecular flexibility index (Phi) is 10.6. The van der Waals surface area contributed by atoms with E-state index >= 15 is 0 Å². The van der Waals surface area contributed by atoms with Gasteiger partial charge in [0.1, 0.15) is 12.1 Å². The molecule has 29 heavy (non-hydrogen) atoms. The van der Waals surface area contributed by atoms with Crippen molar-refractivity contribution in [1.29, 1.82) is 0 Å². The molecule has 0 aliphatic heterocycles. The first kappa shape index (κ1) is 24.8. The van der Waals surface area contributed by atoms with E-state index < -0.39 is 35.8 Å². The first-order valence-corrected chi connectivity index (χ1v) is 10.2. The number of hydrogen-bond donors (Lipinski definition) is 5. The molecule has 1 aromatic rings. The van der Waals surface area contributed by atoms with Gasteiger partial charge in [-0.2, -0.15) is 0 Å². The van der Waals surface area contributed by atoms with Crippen LogP contribution < -0.4 is 21.7 Å². The molecule has 2 atom stereocenters. The first-order chi connectivity index (χ1) is 13.6. The lowest BCUT2D eigenvalue weighted by Gasteiger charge is -2.22. The van der Waals surface area contributed by atoms with Crippen molar-refractivity contribution in [1.82, 2.24) is 16.0 Å². The Balaban J connectivity index is 2.90. The number of rotatable bonds is 11. The molecule has 0 spiro atoms. The van der Waals surface area contributed by atoms with Gasteiger partial charge in [-0.3, -0.25) is 14.4 Å². The summed E-state index contributed by atoms with van der Waals surface area (Å²) in [6.07, 6.45) is 0.436. The van der Waals surface area contributed by atoms with E-state index in [4.69, 9.17) is 5.73 Å². The average Bonchev–Trinajstić information content (AvgIpc) is 2.66. The van der Waals surface area contributed by atoms with Crippen LogP contribution in [0.5, 0.6) is 0 Å². The van der Waals surface area contributed by atoms with Gasteiger partial charge in [-0.1, -0.05) is 26.0 Å². The van der Waals surface area contributed by atoms with Crippen LogP contribution in [0.1, 0.15) is 25.8 Å². The fourth-order valence-corrected chi connectivity index (χ4v) is 2.89. The molecule has 1 aromatic carbocycles. The molecule has 0 saturated carbocycles. The van der Waals surface area contributed by atoms with Crippen molar-refractivity contribution in [2.75, 3.05) is 13.1 Å². The zero-order valence-corrected chi connectivity index (χ0v) is 18.6. The minimum absolute atomic E-state index is 0.0621. The van der Waals surface area contributed by atoms with E-state index in [1.807, 2.05) is 38.1 Å². The highest BCUT2D eigenvalue weighted by atomic mass is 127. The summed E-state index contributed by atoms with van der Waals surface area (Å²) < 4.78 is 1.02. The van der Waals surface area contributed by atoms with Gasteiger partial charge in [-0.25, -0.2) is 4.79 Å². The molecule has 0 fully saturated rings. The van der Waals surface area contributed by atoms with Crippen molar-refractivity contribution in [3.63, 3.8) is 0 Å². The van der Waals surface area contributed by atoms with Gasteiger partial charge in [-0.05, 0) is 52.6 Å². The van der Waals surface area contributed by atoms with Crippen LogP contribution in [-0.2, 0) is 25.6 Å². The predicted molar refractivity (Wildman–Crippen MR) is 116 cm³/mol. The zero-order valence-electron chi connectivity index (χ0n) is 16.4. The molecule has 9 nitrogen and oxygen atoms in total. The van der Waals surface area contributed by atoms with Gasteiger partial charge in [0.2, 0.25) is 17.7 Å². The Morgan fingerprint density at radius 3 is 2.17 bits per heavy atom. The molecule has 0 radical (unpaired) electrons. The highest BCUT2D eigenvalue weighted by Crippen LogP contribution is 2.10. The summed E-state index contributed by atoms with van der Waals surface area (Å²) in [5.41, 5.74) is 5.98. The van der Waals surface area contributed by atoms with Gasteiger partial charge >= 0.3 is 5.97 Å². The van der Waals surface area contributed by atoms with Crippen LogP contribution >= 0.6 is 22.6 Å². The van der Waals surface area contributed by atoms with Crippen molar-refractivity contribution in [3.05, 3.63) is 33.4 Å². The van der Waals surface area contributed by atoms with Crippen molar-refractivity contribution < 1.29 is 24.3 Å². The molecule has 10 heteroatoms. The van der Waals surface area contributed by atoms with E-state index in [1.165, 1.54) is 0 Å². The molecule has 6 N–H and O–H groups in total. The summed E-state index contributed by atoms with van der Waals surface area (Å²) in [4.78, 5) is 47.6. The summed E-state index contributed by atoms with van der Waals surface area (Å²) >= 11 is 2.15. The standard InChI is InChI=1S/C19H27IN4O5/c1-11(2)7-15(19(28)29)24-18(27)14(8-12-3-5-13(20)6-4-12)23-17(26)10-22-16(25)9-21/h3-6,11,14-15H,7-10,21H2,1-2H3,(H,22,25)(H,23,26)(H,24,27)(H,28,29)/t14-,15-/m0/s1. The smallest absolute Gasteiger partial charge is 0.326 e. The molecule has 1 rings (SSSR count). The Hall–Kier alpha value is -2.21. The van der Waals surface area contributed by atoms with E-state index in [-0.39, 0.29) is 31.8 Å². The minimum Gasteiger partial charge on any atom is -0.480 e. The highest BCUT2D eigenvalue weighted by molar-refractivity contribution is 14.1. The summed E-state index contributed by atoms with van der Waals surface area (Å²) in [5.74, 6) is -2.75. The van der Waals surface area contributed by atoms with Gasteiger partial charge in [0.15, 0.2) is 0 Å². The Bertz CT molecular complexity index is 724. The van der Waals surface area contributed by atoms with Crippen molar-refractivity contribution in [2.24, 2.45) is 11.7 Å². The largest absolute Gasteiger partial charge is 0.480 e. The summed E-state index contributed by atoms with van der Waals surface area (Å²) in [5, 5.41) is 16.7. The van der Waals surface area contributed by atoms with Gasteiger partial charge in [0.25, 0.3) is 0 Å². The van der Waals surface area contributed by atoms with Crippen LogP contribution in [0.3, 0.4) is 0 Å². The van der Waals surface area contributed by atoms with E-state index in [0.717, 1.165) is 9.13 Å². The Morgan fingerprint density at radius 2 is 1.66 bits per heavy atom. The maximum absolute atomic E-state index is 12.7. The number of carbonyl (C=O) groups excluding carboxylic acids is 3. The zero-order chi connectivity index (χ0) is 22.0. The van der Waals surface area contributed by atoms with Crippen LogP contribution in [-0.4, -0.2) is 54.0 Å². The Morgan fingerprint density at radius 1 is 1.03 bits per heavy atom. The van der Waals surface area contributed by atoms with Crippen LogP contribution in [0.4, 0.5) is 0 Å². The molecule has 3 amide bonds. The number of carboxylic acid groups (broad SMARTS) is 1. The predicted octanol–water partition coefficient (Wildman–Crippen LogP) is 0.00890. The summed E-state index contributed by atoms with van der Waals surface area (Å²) in [6, 6.07) is 5.34. The van der Waals surface area contributed by atoms with Crippen molar-refractivity contribution in [3.8, 4) is 0 Å². The fraction of sp³-hybridized carbons (Fsp3) is 0.474. The van der Waals surface area contributed by atoms with Gasteiger partial charge in [0, 0.05) is 9.99 Å². The highest BCUT2D eigenvalue weighted by Gasteiger charge is 2.27. The number of hydrogen-bond acceptors (Lipinski definition) is 5. The van der Waals surface area contributed by atoms with Crippen molar-refractivity contribution in [2.45, 2.75) is 38.8 Å². The average molecular weight is 518 g/mol.